The molecule has 2 rings (SSSR count). The maximum absolute atomic E-state index is 12.0. The smallest absolute Gasteiger partial charge is 0.254 e. The summed E-state index contributed by atoms with van der Waals surface area (Å²) in [6.45, 7) is 4.28. The van der Waals surface area contributed by atoms with Gasteiger partial charge in [0.05, 0.1) is 5.56 Å². The van der Waals surface area contributed by atoms with Crippen LogP contribution < -0.4 is 5.32 Å². The lowest BCUT2D eigenvalue weighted by Crippen LogP contribution is -2.25. The van der Waals surface area contributed by atoms with E-state index in [1.807, 2.05) is 31.2 Å². The monoisotopic (exact) mass is 323 g/mol. The third-order valence-corrected chi connectivity index (χ3v) is 4.28. The van der Waals surface area contributed by atoms with Crippen LogP contribution in [0.25, 0.3) is 0 Å². The zero-order valence-corrected chi connectivity index (χ0v) is 13.7. The van der Waals surface area contributed by atoms with Crippen LogP contribution in [0.1, 0.15) is 27.4 Å². The zero-order chi connectivity index (χ0) is 15.2. The summed E-state index contributed by atoms with van der Waals surface area (Å²) >= 11 is 7.62. The van der Waals surface area contributed by atoms with E-state index >= 15 is 0 Å². The maximum atomic E-state index is 12.0. The molecule has 21 heavy (non-hydrogen) atoms. The highest BCUT2D eigenvalue weighted by Gasteiger charge is 2.12. The second kappa shape index (κ2) is 7.57. The van der Waals surface area contributed by atoms with Crippen molar-refractivity contribution in [2.45, 2.75) is 19.6 Å². The highest BCUT2D eigenvalue weighted by Crippen LogP contribution is 2.15. The maximum Gasteiger partial charge on any atom is 0.254 e. The average molecular weight is 324 g/mol. The summed E-state index contributed by atoms with van der Waals surface area (Å²) in [5.41, 5.74) is 1.85. The van der Waals surface area contributed by atoms with E-state index in [2.05, 4.69) is 5.32 Å². The first-order valence-corrected chi connectivity index (χ1v) is 8.27. The van der Waals surface area contributed by atoms with Crippen molar-refractivity contribution in [3.8, 4) is 0 Å². The van der Waals surface area contributed by atoms with E-state index in [-0.39, 0.29) is 5.91 Å². The molecule has 2 aromatic rings. The zero-order valence-electron chi connectivity index (χ0n) is 12.1. The molecule has 1 aromatic carbocycles. The minimum Gasteiger partial charge on any atom is -0.466 e. The highest BCUT2D eigenvalue weighted by molar-refractivity contribution is 7.98. The van der Waals surface area contributed by atoms with E-state index < -0.39 is 0 Å². The number of amides is 1. The molecule has 5 heteroatoms. The summed E-state index contributed by atoms with van der Waals surface area (Å²) in [6, 6.07) is 9.59. The number of hydrogen-bond donors (Lipinski definition) is 1. The third-order valence-electron chi connectivity index (χ3n) is 3.00. The molecule has 0 radical (unpaired) electrons. The summed E-state index contributed by atoms with van der Waals surface area (Å²) in [6.07, 6.45) is 0. The molecule has 0 aliphatic rings. The van der Waals surface area contributed by atoms with Crippen LogP contribution in [0.3, 0.4) is 0 Å². The standard InChI is InChI=1S/C16H18ClNO2S/c1-11-9-15(12(2)20-11)16(19)18-7-8-21-10-13-3-5-14(17)6-4-13/h3-6,9H,7-8,10H2,1-2H3,(H,18,19). The van der Waals surface area contributed by atoms with Gasteiger partial charge in [0.2, 0.25) is 0 Å². The van der Waals surface area contributed by atoms with Crippen molar-refractivity contribution in [2.24, 2.45) is 0 Å². The fourth-order valence-corrected chi connectivity index (χ4v) is 2.90. The first-order valence-electron chi connectivity index (χ1n) is 6.73. The van der Waals surface area contributed by atoms with Crippen LogP contribution in [0.4, 0.5) is 0 Å². The lowest BCUT2D eigenvalue weighted by Gasteiger charge is -2.05. The second-order valence-corrected chi connectivity index (χ2v) is 6.30. The van der Waals surface area contributed by atoms with Crippen LogP contribution in [0.15, 0.2) is 34.7 Å². The number of thioether (sulfide) groups is 1. The molecule has 0 saturated carbocycles. The van der Waals surface area contributed by atoms with Crippen molar-refractivity contribution in [1.29, 1.82) is 0 Å². The molecule has 0 bridgehead atoms. The van der Waals surface area contributed by atoms with Crippen LogP contribution >= 0.6 is 23.4 Å². The molecule has 0 spiro atoms. The van der Waals surface area contributed by atoms with Crippen LogP contribution in [-0.4, -0.2) is 18.2 Å². The van der Waals surface area contributed by atoms with Crippen molar-refractivity contribution in [1.82, 2.24) is 5.32 Å². The van der Waals surface area contributed by atoms with Gasteiger partial charge in [-0.2, -0.15) is 11.8 Å². The molecule has 0 atom stereocenters. The van der Waals surface area contributed by atoms with E-state index in [9.17, 15) is 4.79 Å². The number of nitrogens with one attached hydrogen (secondary N) is 1. The predicted molar refractivity (Wildman–Crippen MR) is 88.1 cm³/mol. The van der Waals surface area contributed by atoms with Crippen LogP contribution in [0, 0.1) is 13.8 Å². The van der Waals surface area contributed by atoms with E-state index in [0.717, 1.165) is 22.3 Å². The molecule has 3 nitrogen and oxygen atoms in total. The van der Waals surface area contributed by atoms with E-state index in [0.29, 0.717) is 17.9 Å². The fourth-order valence-electron chi connectivity index (χ4n) is 1.96. The topological polar surface area (TPSA) is 42.2 Å². The number of aryl methyl sites for hydroxylation is 2. The minimum absolute atomic E-state index is 0.0727. The van der Waals surface area contributed by atoms with Gasteiger partial charge >= 0.3 is 0 Å². The summed E-state index contributed by atoms with van der Waals surface area (Å²) < 4.78 is 5.35. The molecule has 0 fully saturated rings. The molecular formula is C16H18ClNO2S. The van der Waals surface area contributed by atoms with Gasteiger partial charge in [-0.1, -0.05) is 23.7 Å². The van der Waals surface area contributed by atoms with Crippen molar-refractivity contribution < 1.29 is 9.21 Å². The normalized spacial score (nSPS) is 10.6. The van der Waals surface area contributed by atoms with Gasteiger partial charge in [-0.05, 0) is 37.6 Å². The predicted octanol–water partition coefficient (Wildman–Crippen LogP) is 4.21. The van der Waals surface area contributed by atoms with Gasteiger partial charge in [0.25, 0.3) is 5.91 Å². The Morgan fingerprint density at radius 1 is 1.29 bits per heavy atom. The Morgan fingerprint density at radius 2 is 2.00 bits per heavy atom. The quantitative estimate of drug-likeness (QED) is 0.810. The van der Waals surface area contributed by atoms with Crippen molar-refractivity contribution in [3.63, 3.8) is 0 Å². The summed E-state index contributed by atoms with van der Waals surface area (Å²) in [7, 11) is 0. The van der Waals surface area contributed by atoms with Gasteiger partial charge in [-0.15, -0.1) is 0 Å². The average Bonchev–Trinajstić information content (AvgIpc) is 2.79. The Labute approximate surface area is 134 Å². The Bertz CT molecular complexity index is 607. The number of furan rings is 1. The number of carbonyl (C=O) groups is 1. The first-order chi connectivity index (χ1) is 10.1. The summed E-state index contributed by atoms with van der Waals surface area (Å²) in [5.74, 6) is 3.13. The molecule has 0 aliphatic carbocycles. The molecule has 0 unspecified atom stereocenters. The van der Waals surface area contributed by atoms with Gasteiger partial charge in [0.1, 0.15) is 11.5 Å². The molecule has 1 heterocycles. The van der Waals surface area contributed by atoms with Gasteiger partial charge in [-0.3, -0.25) is 4.79 Å². The van der Waals surface area contributed by atoms with Crippen molar-refractivity contribution in [3.05, 3.63) is 58.0 Å². The molecule has 1 N–H and O–H groups in total. The Kier molecular flexibility index (Phi) is 5.76. The van der Waals surface area contributed by atoms with Crippen molar-refractivity contribution >= 4 is 29.3 Å². The van der Waals surface area contributed by atoms with Crippen LogP contribution in [-0.2, 0) is 5.75 Å². The molecule has 1 aromatic heterocycles. The minimum atomic E-state index is -0.0727. The highest BCUT2D eigenvalue weighted by atomic mass is 35.5. The fraction of sp³-hybridized carbons (Fsp3) is 0.312. The largest absolute Gasteiger partial charge is 0.466 e. The van der Waals surface area contributed by atoms with E-state index in [1.165, 1.54) is 5.56 Å². The molecular weight excluding hydrogens is 306 g/mol. The van der Waals surface area contributed by atoms with Gasteiger partial charge in [0.15, 0.2) is 0 Å². The van der Waals surface area contributed by atoms with E-state index in [1.54, 1.807) is 24.8 Å². The van der Waals surface area contributed by atoms with Gasteiger partial charge in [-0.25, -0.2) is 0 Å². The van der Waals surface area contributed by atoms with Crippen LogP contribution in [0.5, 0.6) is 0 Å². The number of halogens is 1. The summed E-state index contributed by atoms with van der Waals surface area (Å²) in [5, 5.41) is 3.66. The second-order valence-electron chi connectivity index (χ2n) is 4.76. The number of carbonyl (C=O) groups excluding carboxylic acids is 1. The SMILES string of the molecule is Cc1cc(C(=O)NCCSCc2ccc(Cl)cc2)c(C)o1. The Morgan fingerprint density at radius 3 is 2.62 bits per heavy atom. The van der Waals surface area contributed by atoms with E-state index in [4.69, 9.17) is 16.0 Å². The number of rotatable bonds is 6. The Balaban J connectivity index is 1.69. The molecule has 0 saturated heterocycles. The first kappa shape index (κ1) is 16.0. The van der Waals surface area contributed by atoms with Crippen molar-refractivity contribution in [2.75, 3.05) is 12.3 Å². The lowest BCUT2D eigenvalue weighted by atomic mass is 10.2. The van der Waals surface area contributed by atoms with Gasteiger partial charge in [0, 0.05) is 23.1 Å². The summed E-state index contributed by atoms with van der Waals surface area (Å²) in [4.78, 5) is 12.0. The van der Waals surface area contributed by atoms with Gasteiger partial charge < -0.3 is 9.73 Å². The number of hydrogen-bond acceptors (Lipinski definition) is 3. The number of benzene rings is 1. The molecule has 112 valence electrons. The third kappa shape index (κ3) is 4.83. The Hall–Kier alpha value is -1.39. The van der Waals surface area contributed by atoms with Crippen LogP contribution in [0.2, 0.25) is 5.02 Å². The lowest BCUT2D eigenvalue weighted by molar-refractivity contribution is 0.0954. The molecule has 0 aliphatic heterocycles. The molecule has 1 amide bonds.